The average Bonchev–Trinajstić information content (AvgIpc) is 2.26. The van der Waals surface area contributed by atoms with Crippen molar-refractivity contribution in [1.82, 2.24) is 0 Å². The van der Waals surface area contributed by atoms with Crippen LogP contribution in [0.3, 0.4) is 0 Å². The first kappa shape index (κ1) is 11.6. The zero-order valence-corrected chi connectivity index (χ0v) is 9.11. The quantitative estimate of drug-likeness (QED) is 0.715. The standard InChI is InChI=1S/C10H16N2O3/c1-13-6-4-7(14-2)9(10(11)12)8(5-6)15-3/h4-5,10H,11-12H2,1-3H3. The smallest absolute Gasteiger partial charge is 0.132 e. The summed E-state index contributed by atoms with van der Waals surface area (Å²) in [5.41, 5.74) is 11.9. The van der Waals surface area contributed by atoms with Gasteiger partial charge in [0.25, 0.3) is 0 Å². The first-order valence-electron chi connectivity index (χ1n) is 4.45. The molecule has 15 heavy (non-hydrogen) atoms. The predicted octanol–water partition coefficient (Wildman–Crippen LogP) is 0.628. The second kappa shape index (κ2) is 4.86. The molecule has 4 N–H and O–H groups in total. The van der Waals surface area contributed by atoms with Crippen LogP contribution in [0.4, 0.5) is 0 Å². The van der Waals surface area contributed by atoms with E-state index in [2.05, 4.69) is 0 Å². The lowest BCUT2D eigenvalue weighted by Gasteiger charge is -2.17. The van der Waals surface area contributed by atoms with Crippen LogP contribution in [0.15, 0.2) is 12.1 Å². The SMILES string of the molecule is COc1cc(OC)c(C(N)N)c(OC)c1. The number of rotatable bonds is 4. The van der Waals surface area contributed by atoms with Gasteiger partial charge >= 0.3 is 0 Å². The maximum Gasteiger partial charge on any atom is 0.132 e. The zero-order chi connectivity index (χ0) is 11.4. The molecule has 5 nitrogen and oxygen atoms in total. The van der Waals surface area contributed by atoms with E-state index in [1.807, 2.05) is 0 Å². The molecule has 0 saturated carbocycles. The Labute approximate surface area is 88.9 Å². The zero-order valence-electron chi connectivity index (χ0n) is 9.11. The van der Waals surface area contributed by atoms with Crippen molar-refractivity contribution in [2.45, 2.75) is 6.17 Å². The van der Waals surface area contributed by atoms with E-state index in [1.54, 1.807) is 33.5 Å². The number of benzene rings is 1. The molecule has 1 rings (SSSR count). The van der Waals surface area contributed by atoms with Gasteiger partial charge in [-0.15, -0.1) is 0 Å². The van der Waals surface area contributed by atoms with Crippen LogP contribution < -0.4 is 25.7 Å². The van der Waals surface area contributed by atoms with Gasteiger partial charge in [-0.05, 0) is 0 Å². The van der Waals surface area contributed by atoms with Crippen LogP contribution in [-0.4, -0.2) is 21.3 Å². The van der Waals surface area contributed by atoms with E-state index in [0.717, 1.165) is 0 Å². The van der Waals surface area contributed by atoms with Gasteiger partial charge in [-0.2, -0.15) is 0 Å². The number of hydrogen-bond donors (Lipinski definition) is 2. The maximum atomic E-state index is 5.63. The maximum absolute atomic E-state index is 5.63. The fraction of sp³-hybridized carbons (Fsp3) is 0.400. The molecule has 5 heteroatoms. The molecular formula is C10H16N2O3. The highest BCUT2D eigenvalue weighted by molar-refractivity contribution is 5.51. The third-order valence-corrected chi connectivity index (χ3v) is 2.09. The van der Waals surface area contributed by atoms with E-state index in [0.29, 0.717) is 22.8 Å². The van der Waals surface area contributed by atoms with Crippen molar-refractivity contribution in [2.75, 3.05) is 21.3 Å². The van der Waals surface area contributed by atoms with Crippen molar-refractivity contribution in [3.8, 4) is 17.2 Å². The van der Waals surface area contributed by atoms with Gasteiger partial charge in [0.2, 0.25) is 0 Å². The molecule has 0 amide bonds. The minimum Gasteiger partial charge on any atom is -0.496 e. The summed E-state index contributed by atoms with van der Waals surface area (Å²) in [6, 6.07) is 3.43. The highest BCUT2D eigenvalue weighted by Crippen LogP contribution is 2.35. The van der Waals surface area contributed by atoms with Gasteiger partial charge < -0.3 is 25.7 Å². The summed E-state index contributed by atoms with van der Waals surface area (Å²) in [6.07, 6.45) is -0.652. The van der Waals surface area contributed by atoms with Gasteiger partial charge in [-0.25, -0.2) is 0 Å². The molecule has 0 bridgehead atoms. The second-order valence-corrected chi connectivity index (χ2v) is 2.97. The fourth-order valence-electron chi connectivity index (χ4n) is 1.36. The molecule has 0 radical (unpaired) electrons. The first-order valence-corrected chi connectivity index (χ1v) is 4.45. The van der Waals surface area contributed by atoms with E-state index in [1.165, 1.54) is 0 Å². The summed E-state index contributed by atoms with van der Waals surface area (Å²) < 4.78 is 15.4. The minimum absolute atomic E-state index is 0.557. The van der Waals surface area contributed by atoms with Crippen molar-refractivity contribution in [3.63, 3.8) is 0 Å². The Balaban J connectivity index is 3.32. The topological polar surface area (TPSA) is 79.7 Å². The molecule has 1 aromatic carbocycles. The monoisotopic (exact) mass is 212 g/mol. The van der Waals surface area contributed by atoms with E-state index >= 15 is 0 Å². The second-order valence-electron chi connectivity index (χ2n) is 2.97. The van der Waals surface area contributed by atoms with Crippen LogP contribution in [0, 0.1) is 0 Å². The fourth-order valence-corrected chi connectivity index (χ4v) is 1.36. The van der Waals surface area contributed by atoms with Gasteiger partial charge in [0.1, 0.15) is 17.2 Å². The van der Waals surface area contributed by atoms with E-state index in [4.69, 9.17) is 25.7 Å². The number of ether oxygens (including phenoxy) is 3. The van der Waals surface area contributed by atoms with Gasteiger partial charge in [0.15, 0.2) is 0 Å². The average molecular weight is 212 g/mol. The van der Waals surface area contributed by atoms with Crippen molar-refractivity contribution in [2.24, 2.45) is 11.5 Å². The molecule has 84 valence electrons. The van der Waals surface area contributed by atoms with Crippen LogP contribution in [0.1, 0.15) is 11.7 Å². The Bertz CT molecular complexity index is 314. The third-order valence-electron chi connectivity index (χ3n) is 2.09. The normalized spacial score (nSPS) is 10.3. The molecule has 1 aromatic rings. The van der Waals surface area contributed by atoms with Crippen molar-refractivity contribution >= 4 is 0 Å². The Morgan fingerprint density at radius 1 is 0.933 bits per heavy atom. The summed E-state index contributed by atoms with van der Waals surface area (Å²) >= 11 is 0. The van der Waals surface area contributed by atoms with Crippen LogP contribution >= 0.6 is 0 Å². The van der Waals surface area contributed by atoms with Crippen molar-refractivity contribution in [3.05, 3.63) is 17.7 Å². The molecule has 0 aliphatic heterocycles. The molecule has 0 aromatic heterocycles. The largest absolute Gasteiger partial charge is 0.496 e. The summed E-state index contributed by atoms with van der Waals surface area (Å²) in [5.74, 6) is 1.75. The predicted molar refractivity (Wildman–Crippen MR) is 57.2 cm³/mol. The van der Waals surface area contributed by atoms with E-state index in [9.17, 15) is 0 Å². The molecule has 0 saturated heterocycles. The van der Waals surface area contributed by atoms with Crippen LogP contribution in [0.2, 0.25) is 0 Å². The molecule has 0 atom stereocenters. The summed E-state index contributed by atoms with van der Waals surface area (Å²) in [4.78, 5) is 0. The van der Waals surface area contributed by atoms with Gasteiger partial charge in [0, 0.05) is 12.1 Å². The summed E-state index contributed by atoms with van der Waals surface area (Å²) in [7, 11) is 4.65. The highest BCUT2D eigenvalue weighted by atomic mass is 16.5. The number of hydrogen-bond acceptors (Lipinski definition) is 5. The number of methoxy groups -OCH3 is 3. The molecule has 0 heterocycles. The summed E-state index contributed by atoms with van der Waals surface area (Å²) in [6.45, 7) is 0. The Morgan fingerprint density at radius 3 is 1.67 bits per heavy atom. The minimum atomic E-state index is -0.652. The number of nitrogens with two attached hydrogens (primary N) is 2. The lowest BCUT2D eigenvalue weighted by molar-refractivity contribution is 0.364. The molecule has 0 aliphatic carbocycles. The lowest BCUT2D eigenvalue weighted by atomic mass is 10.1. The Morgan fingerprint density at radius 2 is 1.40 bits per heavy atom. The van der Waals surface area contributed by atoms with Crippen LogP contribution in [0.25, 0.3) is 0 Å². The molecule has 0 unspecified atom stereocenters. The molecule has 0 spiro atoms. The Kier molecular flexibility index (Phi) is 3.76. The van der Waals surface area contributed by atoms with Gasteiger partial charge in [0.05, 0.1) is 33.1 Å². The molecule has 0 aliphatic rings. The van der Waals surface area contributed by atoms with Gasteiger partial charge in [-0.3, -0.25) is 0 Å². The van der Waals surface area contributed by atoms with E-state index in [-0.39, 0.29) is 0 Å². The summed E-state index contributed by atoms with van der Waals surface area (Å²) in [5, 5.41) is 0. The van der Waals surface area contributed by atoms with Gasteiger partial charge in [-0.1, -0.05) is 0 Å². The van der Waals surface area contributed by atoms with E-state index < -0.39 is 6.17 Å². The Hall–Kier alpha value is -1.46. The van der Waals surface area contributed by atoms with Crippen LogP contribution in [-0.2, 0) is 0 Å². The van der Waals surface area contributed by atoms with Crippen LogP contribution in [0.5, 0.6) is 17.2 Å². The highest BCUT2D eigenvalue weighted by Gasteiger charge is 2.16. The third kappa shape index (κ3) is 2.31. The first-order chi connectivity index (χ1) is 7.13. The molecule has 0 fully saturated rings. The van der Waals surface area contributed by atoms with Crippen molar-refractivity contribution < 1.29 is 14.2 Å². The molecular weight excluding hydrogens is 196 g/mol. The van der Waals surface area contributed by atoms with Crippen molar-refractivity contribution in [1.29, 1.82) is 0 Å². The lowest BCUT2D eigenvalue weighted by Crippen LogP contribution is -2.21.